The zero-order valence-electron chi connectivity index (χ0n) is 10.9. The Bertz CT molecular complexity index is 870. The number of pyridine rings is 1. The molecule has 1 aliphatic heterocycles. The smallest absolute Gasteiger partial charge is 0.262 e. The average molecular weight is 287 g/mol. The third-order valence-corrected chi connectivity index (χ3v) is 3.30. The lowest BCUT2D eigenvalue weighted by Gasteiger charge is -2.13. The molecule has 0 atom stereocenters. The Morgan fingerprint density at radius 1 is 1.14 bits per heavy atom. The van der Waals surface area contributed by atoms with E-state index < -0.39 is 23.2 Å². The highest BCUT2D eigenvalue weighted by Crippen LogP contribution is 2.24. The van der Waals surface area contributed by atoms with Gasteiger partial charge in [0, 0.05) is 6.07 Å². The number of nitrogen functional groups attached to an aromatic ring is 1. The zero-order chi connectivity index (χ0) is 15.3. The predicted molar refractivity (Wildman–Crippen MR) is 72.9 cm³/mol. The summed E-state index contributed by atoms with van der Waals surface area (Å²) < 4.78 is 14.8. The number of nitrogens with zero attached hydrogens (tertiary/aromatic N) is 1. The van der Waals surface area contributed by atoms with Crippen molar-refractivity contribution in [2.75, 3.05) is 5.73 Å². The minimum Gasteiger partial charge on any atom is -0.384 e. The number of anilines is 1. The van der Waals surface area contributed by atoms with Crippen molar-refractivity contribution < 1.29 is 14.0 Å². The topological polar surface area (TPSA) is 94.2 Å². The van der Waals surface area contributed by atoms with Gasteiger partial charge in [0.25, 0.3) is 17.4 Å². The first kappa shape index (κ1) is 13.0. The van der Waals surface area contributed by atoms with E-state index in [0.29, 0.717) is 0 Å². The van der Waals surface area contributed by atoms with Crippen LogP contribution in [-0.4, -0.2) is 16.4 Å². The molecule has 1 aromatic carbocycles. The van der Waals surface area contributed by atoms with Gasteiger partial charge >= 0.3 is 0 Å². The maximum atomic E-state index is 14.0. The molecule has 1 aliphatic rings. The quantitative estimate of drug-likeness (QED) is 0.757. The van der Waals surface area contributed by atoms with E-state index in [2.05, 4.69) is 5.32 Å². The van der Waals surface area contributed by atoms with E-state index in [1.165, 1.54) is 12.1 Å². The van der Waals surface area contributed by atoms with Crippen LogP contribution < -0.4 is 16.6 Å². The molecule has 0 saturated carbocycles. The Kier molecular flexibility index (Phi) is 2.65. The zero-order valence-corrected chi connectivity index (χ0v) is 10.9. The van der Waals surface area contributed by atoms with Gasteiger partial charge < -0.3 is 5.73 Å². The number of hydrogen-bond acceptors (Lipinski definition) is 4. The van der Waals surface area contributed by atoms with Crippen molar-refractivity contribution in [2.45, 2.75) is 6.92 Å². The maximum Gasteiger partial charge on any atom is 0.262 e. The summed E-state index contributed by atoms with van der Waals surface area (Å²) in [6, 6.07) is 5.17. The number of halogens is 1. The van der Waals surface area contributed by atoms with Crippen molar-refractivity contribution in [2.24, 2.45) is 0 Å². The SMILES string of the molecule is Cc1ccc(F)c(-n2c(N)c3c(cc2=O)C(=O)NC3=O)c1. The third kappa shape index (κ3) is 1.82. The monoisotopic (exact) mass is 287 g/mol. The Morgan fingerprint density at radius 3 is 2.57 bits per heavy atom. The highest BCUT2D eigenvalue weighted by molar-refractivity contribution is 6.23. The highest BCUT2D eigenvalue weighted by Gasteiger charge is 2.32. The van der Waals surface area contributed by atoms with Crippen molar-refractivity contribution in [3.63, 3.8) is 0 Å². The van der Waals surface area contributed by atoms with Gasteiger partial charge in [-0.1, -0.05) is 6.07 Å². The van der Waals surface area contributed by atoms with Crippen LogP contribution in [0.5, 0.6) is 0 Å². The average Bonchev–Trinajstić information content (AvgIpc) is 2.68. The Labute approximate surface area is 118 Å². The molecule has 7 heteroatoms. The molecule has 0 radical (unpaired) electrons. The number of amides is 2. The lowest BCUT2D eigenvalue weighted by Crippen LogP contribution is -2.24. The summed E-state index contributed by atoms with van der Waals surface area (Å²) in [5.74, 6) is -2.30. The van der Waals surface area contributed by atoms with E-state index in [1.54, 1.807) is 13.0 Å². The molecule has 2 aromatic rings. The van der Waals surface area contributed by atoms with Gasteiger partial charge in [-0.3, -0.25) is 24.3 Å². The van der Waals surface area contributed by atoms with Gasteiger partial charge in [-0.25, -0.2) is 4.39 Å². The first-order chi connectivity index (χ1) is 9.90. The van der Waals surface area contributed by atoms with Crippen LogP contribution in [0.1, 0.15) is 26.3 Å². The number of nitrogens with one attached hydrogen (secondary N) is 1. The molecule has 3 N–H and O–H groups in total. The van der Waals surface area contributed by atoms with Gasteiger partial charge in [0.15, 0.2) is 0 Å². The number of carbonyl (C=O) groups excluding carboxylic acids is 2. The molecule has 0 bridgehead atoms. The molecule has 21 heavy (non-hydrogen) atoms. The molecule has 0 aliphatic carbocycles. The van der Waals surface area contributed by atoms with Crippen molar-refractivity contribution in [1.29, 1.82) is 0 Å². The van der Waals surface area contributed by atoms with E-state index >= 15 is 0 Å². The Morgan fingerprint density at radius 2 is 1.86 bits per heavy atom. The Balaban J connectivity index is 2.38. The third-order valence-electron chi connectivity index (χ3n) is 3.30. The van der Waals surface area contributed by atoms with Crippen LogP contribution in [-0.2, 0) is 0 Å². The van der Waals surface area contributed by atoms with Crippen LogP contribution in [0.4, 0.5) is 10.2 Å². The molecule has 0 saturated heterocycles. The lowest BCUT2D eigenvalue weighted by atomic mass is 10.1. The second kappa shape index (κ2) is 4.27. The second-order valence-corrected chi connectivity index (χ2v) is 4.73. The molecule has 3 rings (SSSR count). The molecule has 0 unspecified atom stereocenters. The van der Waals surface area contributed by atoms with Crippen LogP contribution in [0.15, 0.2) is 29.1 Å². The summed E-state index contributed by atoms with van der Waals surface area (Å²) in [7, 11) is 0. The fourth-order valence-corrected chi connectivity index (χ4v) is 2.32. The fraction of sp³-hybridized carbons (Fsp3) is 0.0714. The van der Waals surface area contributed by atoms with Crippen molar-refractivity contribution >= 4 is 17.6 Å². The summed E-state index contributed by atoms with van der Waals surface area (Å²) in [4.78, 5) is 35.4. The van der Waals surface area contributed by atoms with Gasteiger partial charge in [0.2, 0.25) is 0 Å². The van der Waals surface area contributed by atoms with Crippen molar-refractivity contribution in [1.82, 2.24) is 9.88 Å². The lowest BCUT2D eigenvalue weighted by molar-refractivity contribution is 0.0880. The van der Waals surface area contributed by atoms with Crippen LogP contribution in [0.3, 0.4) is 0 Å². The van der Waals surface area contributed by atoms with Gasteiger partial charge in [-0.2, -0.15) is 0 Å². The van der Waals surface area contributed by atoms with Crippen LogP contribution in [0, 0.1) is 12.7 Å². The van der Waals surface area contributed by atoms with Gasteiger partial charge in [-0.15, -0.1) is 0 Å². The van der Waals surface area contributed by atoms with E-state index in [1.807, 2.05) is 0 Å². The fourth-order valence-electron chi connectivity index (χ4n) is 2.32. The summed E-state index contributed by atoms with van der Waals surface area (Å²) in [6.07, 6.45) is 0. The number of benzene rings is 1. The second-order valence-electron chi connectivity index (χ2n) is 4.73. The number of carbonyl (C=O) groups is 2. The number of hydrogen-bond donors (Lipinski definition) is 2. The number of fused-ring (bicyclic) bond motifs is 1. The number of aryl methyl sites for hydroxylation is 1. The highest BCUT2D eigenvalue weighted by atomic mass is 19.1. The van der Waals surface area contributed by atoms with Gasteiger partial charge in [-0.05, 0) is 24.6 Å². The molecule has 0 spiro atoms. The van der Waals surface area contributed by atoms with Crippen LogP contribution in [0.25, 0.3) is 5.69 Å². The molecule has 2 amide bonds. The molecule has 106 valence electrons. The van der Waals surface area contributed by atoms with Crippen LogP contribution in [0.2, 0.25) is 0 Å². The number of rotatable bonds is 1. The van der Waals surface area contributed by atoms with Gasteiger partial charge in [0.1, 0.15) is 11.6 Å². The largest absolute Gasteiger partial charge is 0.384 e. The molecular weight excluding hydrogens is 277 g/mol. The van der Waals surface area contributed by atoms with E-state index in [4.69, 9.17) is 5.73 Å². The molecule has 2 heterocycles. The number of nitrogens with two attached hydrogens (primary N) is 1. The van der Waals surface area contributed by atoms with Crippen molar-refractivity contribution in [3.8, 4) is 5.69 Å². The Hall–Kier alpha value is -2.96. The molecule has 6 nitrogen and oxygen atoms in total. The minimum absolute atomic E-state index is 0.0625. The minimum atomic E-state index is -0.700. The predicted octanol–water partition coefficient (Wildman–Crippen LogP) is 0.751. The maximum absolute atomic E-state index is 14.0. The molecular formula is C14H10FN3O3. The summed E-state index contributed by atoms with van der Waals surface area (Å²) in [5, 5.41) is 2.05. The van der Waals surface area contributed by atoms with E-state index in [0.717, 1.165) is 16.2 Å². The number of aromatic nitrogens is 1. The number of imide groups is 1. The standard InChI is InChI=1S/C14H10FN3O3/c1-6-2-3-8(15)9(4-6)18-10(19)5-7-11(12(18)16)14(21)17-13(7)20/h2-5H,16H2,1H3,(H,17,20,21). The first-order valence-electron chi connectivity index (χ1n) is 6.08. The normalized spacial score (nSPS) is 13.2. The van der Waals surface area contributed by atoms with Crippen molar-refractivity contribution in [3.05, 3.63) is 57.1 Å². The summed E-state index contributed by atoms with van der Waals surface area (Å²) in [6.45, 7) is 1.73. The summed E-state index contributed by atoms with van der Waals surface area (Å²) in [5.41, 5.74) is 5.60. The molecule has 1 aromatic heterocycles. The van der Waals surface area contributed by atoms with Gasteiger partial charge in [0.05, 0.1) is 16.8 Å². The van der Waals surface area contributed by atoms with Crippen LogP contribution >= 0.6 is 0 Å². The summed E-state index contributed by atoms with van der Waals surface area (Å²) >= 11 is 0. The molecule has 0 fully saturated rings. The van der Waals surface area contributed by atoms with E-state index in [9.17, 15) is 18.8 Å². The first-order valence-corrected chi connectivity index (χ1v) is 6.08. The van der Waals surface area contributed by atoms with E-state index in [-0.39, 0.29) is 22.6 Å².